The van der Waals surface area contributed by atoms with Crippen LogP contribution < -0.4 is 10.1 Å². The molecule has 2 aliphatic heterocycles. The predicted octanol–water partition coefficient (Wildman–Crippen LogP) is 5.27. The lowest BCUT2D eigenvalue weighted by molar-refractivity contribution is -0.150. The Morgan fingerprint density at radius 3 is 2.59 bits per heavy atom. The van der Waals surface area contributed by atoms with Crippen molar-refractivity contribution in [3.05, 3.63) is 80.1 Å². The van der Waals surface area contributed by atoms with E-state index in [-0.39, 0.29) is 30.4 Å². The molecule has 5 rings (SSSR count). The molecule has 1 unspecified atom stereocenters. The Balaban J connectivity index is 1.31. The van der Waals surface area contributed by atoms with Crippen LogP contribution in [0.2, 0.25) is 10.0 Å². The van der Waals surface area contributed by atoms with Gasteiger partial charge in [-0.3, -0.25) is 14.5 Å². The third-order valence-electron chi connectivity index (χ3n) is 5.93. The molecule has 202 valence electrons. The largest absolute Gasteiger partial charge is 0.507 e. The molecule has 2 aliphatic rings. The Bertz CT molecular complexity index is 1480. The van der Waals surface area contributed by atoms with E-state index in [1.54, 1.807) is 30.3 Å². The molecule has 13 heteroatoms. The number of benzene rings is 2. The highest BCUT2D eigenvalue weighted by Crippen LogP contribution is 2.43. The van der Waals surface area contributed by atoms with Crippen LogP contribution in [0.1, 0.15) is 4.88 Å². The maximum Gasteiger partial charge on any atom is 0.352 e. The fraction of sp³-hybridized carbons (Fsp3) is 0.192. The summed E-state index contributed by atoms with van der Waals surface area (Å²) in [5.41, 5.74) is 0.292. The zero-order valence-electron chi connectivity index (χ0n) is 19.9. The van der Waals surface area contributed by atoms with E-state index in [0.717, 1.165) is 4.88 Å². The van der Waals surface area contributed by atoms with E-state index in [1.165, 1.54) is 45.8 Å². The van der Waals surface area contributed by atoms with Crippen molar-refractivity contribution in [3.63, 3.8) is 0 Å². The van der Waals surface area contributed by atoms with Crippen LogP contribution in [-0.4, -0.2) is 56.7 Å². The van der Waals surface area contributed by atoms with Crippen LogP contribution >= 0.6 is 58.1 Å². The lowest BCUT2D eigenvalue weighted by atomic mass is 10.0. The molecule has 0 aliphatic carbocycles. The fourth-order valence-corrected chi connectivity index (χ4v) is 7.64. The third kappa shape index (κ3) is 6.02. The van der Waals surface area contributed by atoms with Crippen molar-refractivity contribution in [1.29, 1.82) is 0 Å². The summed E-state index contributed by atoms with van der Waals surface area (Å²) in [5.74, 6) is -1.25. The minimum atomic E-state index is -1.25. The van der Waals surface area contributed by atoms with Crippen LogP contribution in [0.4, 0.5) is 0 Å². The maximum atomic E-state index is 12.9. The normalized spacial score (nSPS) is 18.4. The van der Waals surface area contributed by atoms with Crippen molar-refractivity contribution in [2.45, 2.75) is 27.6 Å². The van der Waals surface area contributed by atoms with E-state index in [2.05, 4.69) is 5.32 Å². The number of fused-ring (bicyclic) bond motifs is 1. The Kier molecular flexibility index (Phi) is 8.34. The smallest absolute Gasteiger partial charge is 0.352 e. The van der Waals surface area contributed by atoms with Gasteiger partial charge < -0.3 is 20.3 Å². The number of amides is 2. The molecule has 2 atom stereocenters. The molecule has 0 spiro atoms. The molecule has 3 heterocycles. The minimum absolute atomic E-state index is 0.0363. The first-order valence-corrected chi connectivity index (χ1v) is 15.0. The number of thioether (sulfide) groups is 1. The number of carboxylic acids is 1. The van der Waals surface area contributed by atoms with Crippen molar-refractivity contribution < 1.29 is 29.3 Å². The van der Waals surface area contributed by atoms with Gasteiger partial charge in [0, 0.05) is 26.2 Å². The van der Waals surface area contributed by atoms with Crippen LogP contribution in [0.3, 0.4) is 0 Å². The van der Waals surface area contributed by atoms with Gasteiger partial charge in [-0.2, -0.15) is 0 Å². The fourth-order valence-electron chi connectivity index (χ4n) is 4.12. The number of carboxylic acid groups (broad SMARTS) is 1. The molecule has 3 aromatic rings. The van der Waals surface area contributed by atoms with Crippen LogP contribution in [0, 0.1) is 0 Å². The topological polar surface area (TPSA) is 116 Å². The van der Waals surface area contributed by atoms with Gasteiger partial charge in [0.2, 0.25) is 5.91 Å². The maximum absolute atomic E-state index is 12.9. The summed E-state index contributed by atoms with van der Waals surface area (Å²) in [6, 6.07) is 12.5. The number of β-lactam (4-membered cyclic amide) rings is 1. The average Bonchev–Trinajstić information content (AvgIpc) is 3.41. The summed E-state index contributed by atoms with van der Waals surface area (Å²) in [4.78, 5) is 40.8. The number of nitrogens with one attached hydrogen (secondary N) is 1. The average molecular weight is 624 g/mol. The zero-order valence-corrected chi connectivity index (χ0v) is 23.9. The monoisotopic (exact) mass is 622 g/mol. The Labute approximate surface area is 245 Å². The highest BCUT2D eigenvalue weighted by Gasteiger charge is 2.54. The van der Waals surface area contributed by atoms with E-state index in [1.807, 2.05) is 17.5 Å². The van der Waals surface area contributed by atoms with Crippen LogP contribution in [0.5, 0.6) is 11.5 Å². The molecule has 1 saturated heterocycles. The summed E-state index contributed by atoms with van der Waals surface area (Å²) < 4.78 is 6.01. The second kappa shape index (κ2) is 11.7. The van der Waals surface area contributed by atoms with Crippen molar-refractivity contribution >= 4 is 75.8 Å². The number of rotatable bonds is 9. The molecule has 0 radical (unpaired) electrons. The summed E-state index contributed by atoms with van der Waals surface area (Å²) in [7, 11) is 0. The number of ether oxygens (including phenoxy) is 1. The molecule has 3 N–H and O–H groups in total. The minimum Gasteiger partial charge on any atom is -0.507 e. The van der Waals surface area contributed by atoms with Crippen molar-refractivity contribution in [2.24, 2.45) is 0 Å². The number of aromatic hydroxyl groups is 1. The molecule has 8 nitrogen and oxygen atoms in total. The first kappa shape index (κ1) is 27.7. The van der Waals surface area contributed by atoms with Gasteiger partial charge in [-0.05, 0) is 47.8 Å². The van der Waals surface area contributed by atoms with Crippen molar-refractivity contribution in [3.8, 4) is 11.5 Å². The highest BCUT2D eigenvalue weighted by molar-refractivity contribution is 8.00. The molecule has 1 fully saturated rings. The number of halogens is 2. The molecule has 39 heavy (non-hydrogen) atoms. The van der Waals surface area contributed by atoms with Gasteiger partial charge in [-0.25, -0.2) is 4.79 Å². The van der Waals surface area contributed by atoms with Gasteiger partial charge in [0.15, 0.2) is 0 Å². The Hall–Kier alpha value is -2.83. The van der Waals surface area contributed by atoms with Crippen LogP contribution in [0.25, 0.3) is 0 Å². The molecular formula is C26H20Cl2N2O6S3. The molecule has 1 aromatic heterocycles. The Morgan fingerprint density at radius 2 is 1.87 bits per heavy atom. The molecule has 0 saturated carbocycles. The van der Waals surface area contributed by atoms with Gasteiger partial charge >= 0.3 is 5.97 Å². The number of phenols is 1. The lowest BCUT2D eigenvalue weighted by Gasteiger charge is -2.49. The third-order valence-corrected chi connectivity index (χ3v) is 9.70. The number of carbonyl (C=O) groups is 3. The number of carbonyl (C=O) groups excluding carboxylic acids is 2. The van der Waals surface area contributed by atoms with E-state index < -0.39 is 23.3 Å². The van der Waals surface area contributed by atoms with Crippen LogP contribution in [0.15, 0.2) is 75.0 Å². The highest BCUT2D eigenvalue weighted by atomic mass is 35.5. The van der Waals surface area contributed by atoms with Gasteiger partial charge in [-0.15, -0.1) is 23.1 Å². The van der Waals surface area contributed by atoms with Gasteiger partial charge in [0.1, 0.15) is 35.2 Å². The Morgan fingerprint density at radius 1 is 1.13 bits per heavy atom. The number of hydrogen-bond acceptors (Lipinski definition) is 8. The SMILES string of the molecule is O=C(Cc1cccs1)NC1C(=O)N2C(C(=O)O)=C(COc3ccc(Cl)cc3Sc3cc(Cl)ccc3O)CS[C@@H]12. The van der Waals surface area contributed by atoms with Gasteiger partial charge in [0.05, 0.1) is 16.2 Å². The molecule has 2 aromatic carbocycles. The summed E-state index contributed by atoms with van der Waals surface area (Å²) in [6.07, 6.45) is 0.161. The van der Waals surface area contributed by atoms with Crippen molar-refractivity contribution in [2.75, 3.05) is 12.4 Å². The number of nitrogens with zero attached hydrogens (tertiary/aromatic N) is 1. The predicted molar refractivity (Wildman–Crippen MR) is 152 cm³/mol. The first-order chi connectivity index (χ1) is 18.7. The second-order valence-corrected chi connectivity index (χ2v) is 12.7. The number of thiophene rings is 1. The van der Waals surface area contributed by atoms with Crippen LogP contribution in [-0.2, 0) is 20.8 Å². The standard InChI is InChI=1S/C26H20Cl2N2O6S3/c27-14-3-5-17(31)19(8-14)39-20-9-15(28)4-6-18(20)36-11-13-12-38-25-22(24(33)30(25)23(13)26(34)35)29-21(32)10-16-2-1-7-37-16/h1-9,22,25,31H,10-12H2,(H,29,32)(H,34,35)/t22?,25-/m0/s1. The number of aliphatic carboxylic acids is 1. The van der Waals surface area contributed by atoms with E-state index >= 15 is 0 Å². The summed E-state index contributed by atoms with van der Waals surface area (Å²) in [5, 5.41) is 25.2. The van der Waals surface area contributed by atoms with Gasteiger partial charge in [0.25, 0.3) is 5.91 Å². The second-order valence-electron chi connectivity index (χ2n) is 8.56. The number of hydrogen-bond donors (Lipinski definition) is 3. The van der Waals surface area contributed by atoms with E-state index in [4.69, 9.17) is 27.9 Å². The quantitative estimate of drug-likeness (QED) is 0.276. The lowest BCUT2D eigenvalue weighted by Crippen LogP contribution is -2.70. The zero-order chi connectivity index (χ0) is 27.7. The van der Waals surface area contributed by atoms with Crippen molar-refractivity contribution in [1.82, 2.24) is 10.2 Å². The van der Waals surface area contributed by atoms with Gasteiger partial charge in [-0.1, -0.05) is 41.0 Å². The first-order valence-electron chi connectivity index (χ1n) is 11.5. The molecule has 0 bridgehead atoms. The molecular weight excluding hydrogens is 603 g/mol. The summed E-state index contributed by atoms with van der Waals surface area (Å²) >= 11 is 16.3. The van der Waals surface area contributed by atoms with E-state index in [0.29, 0.717) is 36.9 Å². The number of phenolic OH excluding ortho intramolecular Hbond substituents is 1. The van der Waals surface area contributed by atoms with E-state index in [9.17, 15) is 24.6 Å². The molecule has 2 amide bonds. The summed E-state index contributed by atoms with van der Waals surface area (Å²) in [6.45, 7) is -0.0861.